The number of nitrogens with zero attached hydrogens (tertiary/aromatic N) is 2. The van der Waals surface area contributed by atoms with Crippen molar-refractivity contribution in [2.24, 2.45) is 5.92 Å². The number of Topliss-reactive ketones (excluding diaryl/α,β-unsaturated/α-hetero) is 3. The second-order valence-electron chi connectivity index (χ2n) is 11.5. The fourth-order valence-corrected chi connectivity index (χ4v) is 4.90. The number of carbonyl (C=O) groups excluding carboxylic acids is 4. The third-order valence-corrected chi connectivity index (χ3v) is 8.01. The quantitative estimate of drug-likeness (QED) is 0.117. The van der Waals surface area contributed by atoms with Gasteiger partial charge in [0.05, 0.1) is 19.8 Å². The molecule has 1 unspecified atom stereocenters. The smallest absolute Gasteiger partial charge is 0.250 e. The van der Waals surface area contributed by atoms with E-state index in [9.17, 15) is 19.2 Å². The van der Waals surface area contributed by atoms with Crippen LogP contribution in [0, 0.1) is 5.92 Å². The van der Waals surface area contributed by atoms with Gasteiger partial charge < -0.3 is 19.7 Å². The number of hydrogen-bond donors (Lipinski definition) is 1. The van der Waals surface area contributed by atoms with Gasteiger partial charge in [-0.1, -0.05) is 67.0 Å². The van der Waals surface area contributed by atoms with Crippen molar-refractivity contribution in [3.63, 3.8) is 0 Å². The molecule has 2 rings (SSSR count). The number of unbranched alkanes of at least 4 members (excludes halogenated alkanes) is 1. The van der Waals surface area contributed by atoms with Crippen LogP contribution >= 0.6 is 0 Å². The Labute approximate surface area is 280 Å². The van der Waals surface area contributed by atoms with Gasteiger partial charge in [0.25, 0.3) is 0 Å². The number of likely N-dealkylation sites (N-methyl/N-ethyl adjacent to an activating group) is 1. The van der Waals surface area contributed by atoms with Gasteiger partial charge in [-0.2, -0.15) is 0 Å². The van der Waals surface area contributed by atoms with Crippen LogP contribution in [0.3, 0.4) is 0 Å². The zero-order valence-corrected chi connectivity index (χ0v) is 30.4. The topological polar surface area (TPSA) is 105 Å². The number of anilines is 1. The van der Waals surface area contributed by atoms with E-state index in [-0.39, 0.29) is 35.8 Å². The molecule has 1 N–H and O–H groups in total. The summed E-state index contributed by atoms with van der Waals surface area (Å²) in [6.45, 7) is 23.7. The third-order valence-electron chi connectivity index (χ3n) is 8.01. The van der Waals surface area contributed by atoms with Gasteiger partial charge in [0.1, 0.15) is 18.2 Å². The second kappa shape index (κ2) is 27.6. The first-order chi connectivity index (χ1) is 22.2. The molecular weight excluding hydrogens is 582 g/mol. The molecule has 0 radical (unpaired) electrons. The Morgan fingerprint density at radius 2 is 1.50 bits per heavy atom. The van der Waals surface area contributed by atoms with Crippen molar-refractivity contribution >= 4 is 28.9 Å². The summed E-state index contributed by atoms with van der Waals surface area (Å²) in [6.07, 6.45) is 5.94. The van der Waals surface area contributed by atoms with Crippen LogP contribution < -0.4 is 5.32 Å². The van der Waals surface area contributed by atoms with Crippen LogP contribution in [-0.2, 0) is 30.3 Å². The largest absolute Gasteiger partial charge is 0.378 e. The maximum Gasteiger partial charge on any atom is 0.250 e. The van der Waals surface area contributed by atoms with E-state index in [1.54, 1.807) is 6.92 Å². The molecule has 0 bridgehead atoms. The summed E-state index contributed by atoms with van der Waals surface area (Å²) in [5.41, 5.74) is 2.30. The Balaban J connectivity index is 0.00000122. The summed E-state index contributed by atoms with van der Waals surface area (Å²) in [7, 11) is 0. The van der Waals surface area contributed by atoms with Crippen molar-refractivity contribution in [1.82, 2.24) is 9.80 Å². The van der Waals surface area contributed by atoms with Crippen LogP contribution in [0.25, 0.3) is 0 Å². The first-order valence-electron chi connectivity index (χ1n) is 17.7. The predicted octanol–water partition coefficient (Wildman–Crippen LogP) is 6.62. The van der Waals surface area contributed by atoms with Crippen LogP contribution in [0.5, 0.6) is 0 Å². The average Bonchev–Trinajstić information content (AvgIpc) is 3.07. The number of piperazine rings is 1. The van der Waals surface area contributed by atoms with Gasteiger partial charge in [0.15, 0.2) is 5.78 Å². The minimum Gasteiger partial charge on any atom is -0.378 e. The summed E-state index contributed by atoms with van der Waals surface area (Å²) < 4.78 is 11.1. The van der Waals surface area contributed by atoms with E-state index in [1.807, 2.05) is 52.8 Å². The number of nitrogens with one attached hydrogen (secondary N) is 1. The molecule has 0 aromatic heterocycles. The molecule has 1 saturated heterocycles. The zero-order chi connectivity index (χ0) is 34.7. The Kier molecular flexibility index (Phi) is 26.2. The van der Waals surface area contributed by atoms with Gasteiger partial charge in [-0.05, 0) is 50.8 Å². The molecule has 1 aliphatic rings. The molecular formula is C37H65N3O6. The Bertz CT molecular complexity index is 991. The summed E-state index contributed by atoms with van der Waals surface area (Å²) >= 11 is 0. The van der Waals surface area contributed by atoms with E-state index in [0.29, 0.717) is 63.2 Å². The van der Waals surface area contributed by atoms with Gasteiger partial charge in [-0.3, -0.25) is 24.1 Å². The molecule has 1 amide bonds. The molecule has 1 atom stereocenters. The van der Waals surface area contributed by atoms with Crippen LogP contribution in [0.4, 0.5) is 5.69 Å². The van der Waals surface area contributed by atoms with E-state index in [0.717, 1.165) is 64.1 Å². The molecule has 0 aliphatic carbocycles. The lowest BCUT2D eigenvalue weighted by atomic mass is 9.97. The van der Waals surface area contributed by atoms with E-state index >= 15 is 0 Å². The van der Waals surface area contributed by atoms with Crippen molar-refractivity contribution in [2.45, 2.75) is 107 Å². The second-order valence-corrected chi connectivity index (χ2v) is 11.5. The molecule has 9 heteroatoms. The summed E-state index contributed by atoms with van der Waals surface area (Å²) in [5, 5.41) is 2.90. The fraction of sp³-hybridized carbons (Fsp3) is 0.730. The molecule has 1 aromatic carbocycles. The highest BCUT2D eigenvalue weighted by molar-refractivity contribution is 6.00. The number of carbonyl (C=O) groups is 4. The molecule has 1 aliphatic heterocycles. The van der Waals surface area contributed by atoms with Crippen molar-refractivity contribution < 1.29 is 28.7 Å². The van der Waals surface area contributed by atoms with Crippen molar-refractivity contribution in [2.75, 3.05) is 71.0 Å². The highest BCUT2D eigenvalue weighted by Gasteiger charge is 2.16. The predicted molar refractivity (Wildman–Crippen MR) is 189 cm³/mol. The van der Waals surface area contributed by atoms with Crippen molar-refractivity contribution in [3.05, 3.63) is 29.3 Å². The highest BCUT2D eigenvalue weighted by atomic mass is 16.5. The first kappa shape index (κ1) is 43.5. The Hall–Kier alpha value is -2.46. The maximum absolute atomic E-state index is 12.5. The van der Waals surface area contributed by atoms with Gasteiger partial charge in [-0.25, -0.2) is 0 Å². The van der Waals surface area contributed by atoms with Crippen LogP contribution in [-0.4, -0.2) is 98.8 Å². The number of hydrogen-bond acceptors (Lipinski definition) is 8. The van der Waals surface area contributed by atoms with E-state index in [4.69, 9.17) is 9.47 Å². The lowest BCUT2D eigenvalue weighted by Crippen LogP contribution is -2.47. The van der Waals surface area contributed by atoms with E-state index in [1.165, 1.54) is 0 Å². The number of rotatable bonds is 21. The highest BCUT2D eigenvalue weighted by Crippen LogP contribution is 2.23. The normalized spacial score (nSPS) is 13.9. The molecule has 1 aromatic rings. The lowest BCUT2D eigenvalue weighted by Gasteiger charge is -2.33. The fourth-order valence-electron chi connectivity index (χ4n) is 4.90. The standard InChI is InChI=1S/C25H41N3O4.C10H18O2.C2H6/c1-4-7-11-24(29)22-9-8-10-23(21(22)5-2)26-25(30)20-32-19-18-31-17-16-28-14-12-27(6-3)13-15-28;1-4-5-10(12)7-6-8(2)9(3)11;1-2/h8-10H,4-7,11-20H2,1-3H3,(H,26,30);8H,4-7H2,1-3H3;1-2H3. The number of ether oxygens (including phenoxy) is 2. The number of ketones is 3. The molecule has 9 nitrogen and oxygen atoms in total. The Morgan fingerprint density at radius 1 is 0.848 bits per heavy atom. The average molecular weight is 648 g/mol. The summed E-state index contributed by atoms with van der Waals surface area (Å²) in [5.74, 6) is 0.433. The molecule has 1 fully saturated rings. The zero-order valence-electron chi connectivity index (χ0n) is 30.4. The number of benzene rings is 1. The van der Waals surface area contributed by atoms with Gasteiger partial charge in [-0.15, -0.1) is 0 Å². The number of amides is 1. The van der Waals surface area contributed by atoms with Crippen LogP contribution in [0.15, 0.2) is 18.2 Å². The van der Waals surface area contributed by atoms with Crippen LogP contribution in [0.1, 0.15) is 116 Å². The maximum atomic E-state index is 12.5. The summed E-state index contributed by atoms with van der Waals surface area (Å²) in [4.78, 5) is 51.5. The van der Waals surface area contributed by atoms with Crippen molar-refractivity contribution in [1.29, 1.82) is 0 Å². The third kappa shape index (κ3) is 19.3. The SMILES string of the molecule is CC.CCCC(=O)CCC(C)C(C)=O.CCCCC(=O)c1cccc(NC(=O)COCCOCCN2CCN(CC)CC2)c1CC. The molecule has 0 spiro atoms. The molecule has 1 heterocycles. The molecule has 0 saturated carbocycles. The van der Waals surface area contributed by atoms with Gasteiger partial charge in [0, 0.05) is 69.2 Å². The van der Waals surface area contributed by atoms with Crippen LogP contribution in [0.2, 0.25) is 0 Å². The van der Waals surface area contributed by atoms with Crippen molar-refractivity contribution in [3.8, 4) is 0 Å². The minimum absolute atomic E-state index is 0.0283. The first-order valence-corrected chi connectivity index (χ1v) is 17.7. The minimum atomic E-state index is -0.216. The molecule has 46 heavy (non-hydrogen) atoms. The monoisotopic (exact) mass is 647 g/mol. The Morgan fingerprint density at radius 3 is 2.09 bits per heavy atom. The van der Waals surface area contributed by atoms with Gasteiger partial charge >= 0.3 is 0 Å². The summed E-state index contributed by atoms with van der Waals surface area (Å²) in [6, 6.07) is 5.52. The van der Waals surface area contributed by atoms with E-state index < -0.39 is 0 Å². The lowest BCUT2D eigenvalue weighted by molar-refractivity contribution is -0.122. The molecule has 264 valence electrons. The van der Waals surface area contributed by atoms with E-state index in [2.05, 4.69) is 29.0 Å². The van der Waals surface area contributed by atoms with Gasteiger partial charge in [0.2, 0.25) is 5.91 Å².